The third kappa shape index (κ3) is 4.28. The quantitative estimate of drug-likeness (QED) is 0.635. The van der Waals surface area contributed by atoms with Crippen molar-refractivity contribution in [1.29, 1.82) is 0 Å². The van der Waals surface area contributed by atoms with Crippen LogP contribution in [0.25, 0.3) is 0 Å². The largest absolute Gasteiger partial charge is 0.435 e. The lowest BCUT2D eigenvalue weighted by Gasteiger charge is -2.11. The van der Waals surface area contributed by atoms with Crippen LogP contribution in [0.3, 0.4) is 0 Å². The van der Waals surface area contributed by atoms with Crippen molar-refractivity contribution in [3.63, 3.8) is 0 Å². The minimum atomic E-state index is -2.85. The molecule has 0 amide bonds. The van der Waals surface area contributed by atoms with Crippen molar-refractivity contribution in [3.8, 4) is 5.75 Å². The molecule has 0 saturated carbocycles. The number of benzene rings is 2. The van der Waals surface area contributed by atoms with E-state index in [1.165, 1.54) is 23.9 Å². The summed E-state index contributed by atoms with van der Waals surface area (Å²) in [5, 5.41) is 0.481. The second-order valence-corrected chi connectivity index (χ2v) is 5.48. The highest BCUT2D eigenvalue weighted by atomic mass is 35.5. The molecule has 0 spiro atoms. The summed E-state index contributed by atoms with van der Waals surface area (Å²) in [6.07, 6.45) is 0. The molecule has 6 heteroatoms. The zero-order chi connectivity index (χ0) is 14.5. The Hall–Kier alpha value is -1.46. The molecule has 2 N–H and O–H groups in total. The molecule has 0 radical (unpaired) electrons. The average molecular weight is 316 g/mol. The summed E-state index contributed by atoms with van der Waals surface area (Å²) in [6, 6.07) is 11.9. The van der Waals surface area contributed by atoms with Gasteiger partial charge in [-0.05, 0) is 36.4 Å². The first kappa shape index (κ1) is 14.9. The van der Waals surface area contributed by atoms with Crippen molar-refractivity contribution in [1.82, 2.24) is 0 Å². The maximum absolute atomic E-state index is 12.3. The SMILES string of the molecule is Nc1cccc(SCc2cc(Cl)ccc2OC(F)F)c1. The number of halogens is 3. The van der Waals surface area contributed by atoms with E-state index < -0.39 is 6.61 Å². The van der Waals surface area contributed by atoms with Crippen molar-refractivity contribution < 1.29 is 13.5 Å². The number of alkyl halides is 2. The molecule has 2 aromatic carbocycles. The predicted octanol–water partition coefficient (Wildman–Crippen LogP) is 4.82. The van der Waals surface area contributed by atoms with Gasteiger partial charge in [0.15, 0.2) is 0 Å². The topological polar surface area (TPSA) is 35.2 Å². The predicted molar refractivity (Wildman–Crippen MR) is 78.5 cm³/mol. The van der Waals surface area contributed by atoms with Gasteiger partial charge in [-0.25, -0.2) is 0 Å². The van der Waals surface area contributed by atoms with E-state index in [1.807, 2.05) is 18.2 Å². The molecule has 0 unspecified atom stereocenters. The van der Waals surface area contributed by atoms with Gasteiger partial charge in [0.2, 0.25) is 0 Å². The van der Waals surface area contributed by atoms with Crippen LogP contribution in [0.5, 0.6) is 5.75 Å². The maximum Gasteiger partial charge on any atom is 0.387 e. The highest BCUT2D eigenvalue weighted by molar-refractivity contribution is 7.98. The fraction of sp³-hybridized carbons (Fsp3) is 0.143. The second-order valence-electron chi connectivity index (χ2n) is 3.99. The van der Waals surface area contributed by atoms with Crippen LogP contribution in [0, 0.1) is 0 Å². The van der Waals surface area contributed by atoms with Gasteiger partial charge in [0.05, 0.1) is 0 Å². The number of rotatable bonds is 5. The molecule has 2 rings (SSSR count). The molecular formula is C14H12ClF2NOS. The van der Waals surface area contributed by atoms with Gasteiger partial charge in [-0.1, -0.05) is 17.7 Å². The van der Waals surface area contributed by atoms with Crippen molar-refractivity contribution in [2.45, 2.75) is 17.3 Å². The third-order valence-corrected chi connectivity index (χ3v) is 3.77. The summed E-state index contributed by atoms with van der Waals surface area (Å²) in [5.74, 6) is 0.604. The van der Waals surface area contributed by atoms with E-state index >= 15 is 0 Å². The Bertz CT molecular complexity index is 595. The van der Waals surface area contributed by atoms with Crippen molar-refractivity contribution >= 4 is 29.1 Å². The highest BCUT2D eigenvalue weighted by Gasteiger charge is 2.10. The van der Waals surface area contributed by atoms with E-state index in [9.17, 15) is 8.78 Å². The molecule has 2 nitrogen and oxygen atoms in total. The third-order valence-electron chi connectivity index (χ3n) is 2.49. The maximum atomic E-state index is 12.3. The van der Waals surface area contributed by atoms with Crippen LogP contribution in [-0.2, 0) is 5.75 Å². The Morgan fingerprint density at radius 1 is 1.20 bits per heavy atom. The van der Waals surface area contributed by atoms with Crippen LogP contribution in [0.2, 0.25) is 5.02 Å². The molecule has 0 aliphatic rings. The zero-order valence-corrected chi connectivity index (χ0v) is 11.9. The number of ether oxygens (including phenoxy) is 1. The lowest BCUT2D eigenvalue weighted by atomic mass is 10.2. The number of nitrogens with two attached hydrogens (primary N) is 1. The summed E-state index contributed by atoms with van der Waals surface area (Å²) >= 11 is 7.36. The lowest BCUT2D eigenvalue weighted by Crippen LogP contribution is -2.04. The number of anilines is 1. The van der Waals surface area contributed by atoms with Gasteiger partial charge in [-0.3, -0.25) is 0 Å². The van der Waals surface area contributed by atoms with Gasteiger partial charge >= 0.3 is 6.61 Å². The van der Waals surface area contributed by atoms with E-state index in [2.05, 4.69) is 4.74 Å². The molecule has 0 aliphatic carbocycles. The van der Waals surface area contributed by atoms with E-state index in [4.69, 9.17) is 17.3 Å². The Morgan fingerprint density at radius 2 is 2.00 bits per heavy atom. The Balaban J connectivity index is 2.13. The Morgan fingerprint density at radius 3 is 2.70 bits per heavy atom. The van der Waals surface area contributed by atoms with Crippen LogP contribution < -0.4 is 10.5 Å². The standard InChI is InChI=1S/C14H12ClF2NOS/c15-10-4-5-13(19-14(16)17)9(6-10)8-20-12-3-1-2-11(18)7-12/h1-7,14H,8,18H2. The molecule has 0 saturated heterocycles. The number of hydrogen-bond acceptors (Lipinski definition) is 3. The molecule has 0 aromatic heterocycles. The van der Waals surface area contributed by atoms with Gasteiger partial charge in [0, 0.05) is 26.9 Å². The van der Waals surface area contributed by atoms with Gasteiger partial charge in [0.25, 0.3) is 0 Å². The molecule has 0 fully saturated rings. The van der Waals surface area contributed by atoms with Crippen LogP contribution in [0.1, 0.15) is 5.56 Å². The number of nitrogen functional groups attached to an aromatic ring is 1. The molecule has 0 heterocycles. The lowest BCUT2D eigenvalue weighted by molar-refractivity contribution is -0.0503. The zero-order valence-electron chi connectivity index (χ0n) is 10.4. The first-order valence-corrected chi connectivity index (χ1v) is 7.12. The molecular weight excluding hydrogens is 304 g/mol. The van der Waals surface area contributed by atoms with Crippen LogP contribution in [0.4, 0.5) is 14.5 Å². The first-order valence-electron chi connectivity index (χ1n) is 5.76. The number of thioether (sulfide) groups is 1. The van der Waals surface area contributed by atoms with Gasteiger partial charge in [0.1, 0.15) is 5.75 Å². The molecule has 2 aromatic rings. The van der Waals surface area contributed by atoms with Crippen molar-refractivity contribution in [3.05, 3.63) is 53.1 Å². The van der Waals surface area contributed by atoms with Gasteiger partial charge < -0.3 is 10.5 Å². The minimum absolute atomic E-state index is 0.140. The average Bonchev–Trinajstić information content (AvgIpc) is 2.39. The summed E-state index contributed by atoms with van der Waals surface area (Å²) in [4.78, 5) is 0.952. The van der Waals surface area contributed by atoms with Gasteiger partial charge in [-0.15, -0.1) is 11.8 Å². The fourth-order valence-electron chi connectivity index (χ4n) is 1.64. The normalized spacial score (nSPS) is 10.8. The molecule has 0 atom stereocenters. The van der Waals surface area contributed by atoms with E-state index in [0.29, 0.717) is 22.0 Å². The molecule has 20 heavy (non-hydrogen) atoms. The smallest absolute Gasteiger partial charge is 0.387 e. The molecule has 106 valence electrons. The summed E-state index contributed by atoms with van der Waals surface area (Å²) in [6.45, 7) is -2.85. The monoisotopic (exact) mass is 315 g/mol. The Labute approximate surface area is 124 Å². The number of hydrogen-bond donors (Lipinski definition) is 1. The summed E-state index contributed by atoms with van der Waals surface area (Å²) < 4.78 is 29.2. The van der Waals surface area contributed by atoms with Crippen molar-refractivity contribution in [2.75, 3.05) is 5.73 Å². The van der Waals surface area contributed by atoms with Crippen LogP contribution in [0.15, 0.2) is 47.4 Å². The van der Waals surface area contributed by atoms with Crippen molar-refractivity contribution in [2.24, 2.45) is 0 Å². The van der Waals surface area contributed by atoms with Crippen LogP contribution in [-0.4, -0.2) is 6.61 Å². The molecule has 0 bridgehead atoms. The highest BCUT2D eigenvalue weighted by Crippen LogP contribution is 2.31. The summed E-state index contributed by atoms with van der Waals surface area (Å²) in [7, 11) is 0. The fourth-order valence-corrected chi connectivity index (χ4v) is 2.77. The van der Waals surface area contributed by atoms with Gasteiger partial charge in [-0.2, -0.15) is 8.78 Å². The first-order chi connectivity index (χ1) is 9.54. The molecule has 0 aliphatic heterocycles. The van der Waals surface area contributed by atoms with Crippen LogP contribution >= 0.6 is 23.4 Å². The Kier molecular flexibility index (Phi) is 5.09. The van der Waals surface area contributed by atoms with E-state index in [-0.39, 0.29) is 5.75 Å². The minimum Gasteiger partial charge on any atom is -0.435 e. The second kappa shape index (κ2) is 6.81. The summed E-state index contributed by atoms with van der Waals surface area (Å²) in [5.41, 5.74) is 6.96. The van der Waals surface area contributed by atoms with E-state index in [1.54, 1.807) is 12.1 Å². The van der Waals surface area contributed by atoms with E-state index in [0.717, 1.165) is 4.90 Å².